The first-order valence-electron chi connectivity index (χ1n) is 3.08. The van der Waals surface area contributed by atoms with Gasteiger partial charge in [-0.1, -0.05) is 23.2 Å². The molecule has 0 aromatic carbocycles. The van der Waals surface area contributed by atoms with E-state index < -0.39 is 5.97 Å². The van der Waals surface area contributed by atoms with Crippen molar-refractivity contribution in [3.05, 3.63) is 27.5 Å². The standard InChI is InChI=1S/C7H5Cl2NO2/c1-3-2-4(8)5(7(11)12)6(9)10-3/h2H,1H3,(H,11,12). The molecule has 0 unspecified atom stereocenters. The van der Waals surface area contributed by atoms with Gasteiger partial charge in [-0.15, -0.1) is 0 Å². The molecule has 0 aliphatic heterocycles. The van der Waals surface area contributed by atoms with Gasteiger partial charge in [0.1, 0.15) is 10.7 Å². The van der Waals surface area contributed by atoms with Crippen molar-refractivity contribution < 1.29 is 9.90 Å². The minimum Gasteiger partial charge on any atom is -0.478 e. The van der Waals surface area contributed by atoms with E-state index in [-0.39, 0.29) is 15.7 Å². The molecule has 3 nitrogen and oxygen atoms in total. The number of carboxylic acids is 1. The summed E-state index contributed by atoms with van der Waals surface area (Å²) in [4.78, 5) is 14.3. The largest absolute Gasteiger partial charge is 0.478 e. The fraction of sp³-hybridized carbons (Fsp3) is 0.143. The first kappa shape index (κ1) is 9.29. The molecule has 1 aromatic heterocycles. The van der Waals surface area contributed by atoms with Gasteiger partial charge in [-0.05, 0) is 13.0 Å². The zero-order valence-corrected chi connectivity index (χ0v) is 7.65. The normalized spacial score (nSPS) is 9.92. The average Bonchev–Trinajstić information content (AvgIpc) is 1.82. The zero-order valence-electron chi connectivity index (χ0n) is 6.14. The Labute approximate surface area is 78.9 Å². The van der Waals surface area contributed by atoms with Crippen molar-refractivity contribution >= 4 is 29.2 Å². The van der Waals surface area contributed by atoms with E-state index in [2.05, 4.69) is 4.98 Å². The van der Waals surface area contributed by atoms with E-state index in [1.54, 1.807) is 6.92 Å². The summed E-state index contributed by atoms with van der Waals surface area (Å²) in [6.07, 6.45) is 0. The maximum atomic E-state index is 10.5. The highest BCUT2D eigenvalue weighted by Gasteiger charge is 2.14. The molecule has 1 heterocycles. The van der Waals surface area contributed by atoms with Crippen LogP contribution < -0.4 is 0 Å². The van der Waals surface area contributed by atoms with Crippen LogP contribution in [0.15, 0.2) is 6.07 Å². The predicted octanol–water partition coefficient (Wildman–Crippen LogP) is 2.40. The van der Waals surface area contributed by atoms with E-state index in [9.17, 15) is 4.79 Å². The van der Waals surface area contributed by atoms with Crippen molar-refractivity contribution in [1.82, 2.24) is 4.98 Å². The number of rotatable bonds is 1. The Morgan fingerprint density at radius 3 is 2.58 bits per heavy atom. The summed E-state index contributed by atoms with van der Waals surface area (Å²) in [6.45, 7) is 1.68. The van der Waals surface area contributed by atoms with E-state index in [0.29, 0.717) is 5.69 Å². The van der Waals surface area contributed by atoms with Gasteiger partial charge in [-0.3, -0.25) is 0 Å². The Hall–Kier alpha value is -0.800. The number of aryl methyl sites for hydroxylation is 1. The molecule has 1 aromatic rings. The molecule has 0 aliphatic carbocycles. The molecular weight excluding hydrogens is 201 g/mol. The molecule has 0 fully saturated rings. The average molecular weight is 206 g/mol. The molecule has 64 valence electrons. The van der Waals surface area contributed by atoms with Crippen molar-refractivity contribution in [2.75, 3.05) is 0 Å². The van der Waals surface area contributed by atoms with Gasteiger partial charge in [0.15, 0.2) is 0 Å². The number of aromatic nitrogens is 1. The third-order valence-corrected chi connectivity index (χ3v) is 1.84. The summed E-state index contributed by atoms with van der Waals surface area (Å²) in [5.41, 5.74) is 0.443. The molecule has 0 atom stereocenters. The first-order valence-corrected chi connectivity index (χ1v) is 3.84. The summed E-state index contributed by atoms with van der Waals surface area (Å²) in [5.74, 6) is -1.17. The number of nitrogens with zero attached hydrogens (tertiary/aromatic N) is 1. The topological polar surface area (TPSA) is 50.2 Å². The number of hydrogen-bond donors (Lipinski definition) is 1. The van der Waals surface area contributed by atoms with Crippen LogP contribution in [0.3, 0.4) is 0 Å². The van der Waals surface area contributed by atoms with Crippen molar-refractivity contribution in [1.29, 1.82) is 0 Å². The molecule has 0 radical (unpaired) electrons. The molecule has 1 rings (SSSR count). The number of halogens is 2. The number of aromatic carboxylic acids is 1. The third-order valence-electron chi connectivity index (χ3n) is 1.27. The SMILES string of the molecule is Cc1cc(Cl)c(C(=O)O)c(Cl)n1. The molecule has 0 bridgehead atoms. The monoisotopic (exact) mass is 205 g/mol. The second-order valence-corrected chi connectivity index (χ2v) is 2.98. The maximum absolute atomic E-state index is 10.5. The van der Waals surface area contributed by atoms with Crippen molar-refractivity contribution in [2.24, 2.45) is 0 Å². The number of pyridine rings is 1. The second kappa shape index (κ2) is 3.29. The quantitative estimate of drug-likeness (QED) is 0.717. The number of hydrogen-bond acceptors (Lipinski definition) is 2. The van der Waals surface area contributed by atoms with Gasteiger partial charge >= 0.3 is 5.97 Å². The van der Waals surface area contributed by atoms with Crippen LogP contribution in [0, 0.1) is 6.92 Å². The molecule has 0 saturated carbocycles. The zero-order chi connectivity index (χ0) is 9.30. The van der Waals surface area contributed by atoms with Crippen LogP contribution in [0.1, 0.15) is 16.1 Å². The van der Waals surface area contributed by atoms with E-state index in [1.807, 2.05) is 0 Å². The molecule has 1 N–H and O–H groups in total. The Morgan fingerprint density at radius 2 is 2.17 bits per heavy atom. The van der Waals surface area contributed by atoms with E-state index in [0.717, 1.165) is 0 Å². The summed E-state index contributed by atoms with van der Waals surface area (Å²) >= 11 is 11.2. The van der Waals surface area contributed by atoms with Crippen LogP contribution in [-0.2, 0) is 0 Å². The number of carbonyl (C=O) groups is 1. The highest BCUT2D eigenvalue weighted by Crippen LogP contribution is 2.23. The van der Waals surface area contributed by atoms with Crippen LogP contribution in [0.5, 0.6) is 0 Å². The highest BCUT2D eigenvalue weighted by molar-refractivity contribution is 6.38. The van der Waals surface area contributed by atoms with Crippen LogP contribution in [0.25, 0.3) is 0 Å². The van der Waals surface area contributed by atoms with E-state index in [4.69, 9.17) is 28.3 Å². The van der Waals surface area contributed by atoms with Crippen LogP contribution in [0.2, 0.25) is 10.2 Å². The summed E-state index contributed by atoms with van der Waals surface area (Å²) < 4.78 is 0. The number of carboxylic acid groups (broad SMARTS) is 1. The van der Waals surface area contributed by atoms with E-state index >= 15 is 0 Å². The molecule has 0 saturated heterocycles. The Balaban J connectivity index is 3.38. The lowest BCUT2D eigenvalue weighted by Gasteiger charge is -2.01. The molecule has 0 amide bonds. The predicted molar refractivity (Wildman–Crippen MR) is 46.0 cm³/mol. The van der Waals surface area contributed by atoms with Crippen molar-refractivity contribution in [2.45, 2.75) is 6.92 Å². The van der Waals surface area contributed by atoms with Crippen LogP contribution in [0.4, 0.5) is 0 Å². The summed E-state index contributed by atoms with van der Waals surface area (Å²) in [7, 11) is 0. The van der Waals surface area contributed by atoms with E-state index in [1.165, 1.54) is 6.07 Å². The second-order valence-electron chi connectivity index (χ2n) is 2.22. The fourth-order valence-electron chi connectivity index (χ4n) is 0.788. The fourth-order valence-corrected chi connectivity index (χ4v) is 1.48. The molecule has 5 heteroatoms. The maximum Gasteiger partial charge on any atom is 0.340 e. The Morgan fingerprint density at radius 1 is 1.58 bits per heavy atom. The van der Waals surface area contributed by atoms with Gasteiger partial charge in [-0.25, -0.2) is 9.78 Å². The minimum absolute atomic E-state index is 0.0764. The van der Waals surface area contributed by atoms with Gasteiger partial charge in [-0.2, -0.15) is 0 Å². The Kier molecular flexibility index (Phi) is 2.55. The van der Waals surface area contributed by atoms with Crippen molar-refractivity contribution in [3.8, 4) is 0 Å². The molecule has 12 heavy (non-hydrogen) atoms. The molecule has 0 aliphatic rings. The molecular formula is C7H5Cl2NO2. The molecule has 0 spiro atoms. The summed E-state index contributed by atoms with van der Waals surface area (Å²) in [6, 6.07) is 1.46. The van der Waals surface area contributed by atoms with Crippen LogP contribution in [-0.4, -0.2) is 16.1 Å². The van der Waals surface area contributed by atoms with Gasteiger partial charge < -0.3 is 5.11 Å². The summed E-state index contributed by atoms with van der Waals surface area (Å²) in [5, 5.41) is 8.66. The van der Waals surface area contributed by atoms with Gasteiger partial charge in [0.05, 0.1) is 5.02 Å². The smallest absolute Gasteiger partial charge is 0.340 e. The van der Waals surface area contributed by atoms with Gasteiger partial charge in [0, 0.05) is 5.69 Å². The third kappa shape index (κ3) is 1.68. The van der Waals surface area contributed by atoms with Gasteiger partial charge in [0.25, 0.3) is 0 Å². The van der Waals surface area contributed by atoms with Crippen molar-refractivity contribution in [3.63, 3.8) is 0 Å². The lowest BCUT2D eigenvalue weighted by Crippen LogP contribution is -2.01. The van der Waals surface area contributed by atoms with Gasteiger partial charge in [0.2, 0.25) is 0 Å². The highest BCUT2D eigenvalue weighted by atomic mass is 35.5. The Bertz CT molecular complexity index is 315. The lowest BCUT2D eigenvalue weighted by atomic mass is 10.2. The lowest BCUT2D eigenvalue weighted by molar-refractivity contribution is 0.0697. The minimum atomic E-state index is -1.17. The van der Waals surface area contributed by atoms with Crippen LogP contribution >= 0.6 is 23.2 Å². The first-order chi connectivity index (χ1) is 5.52.